The van der Waals surface area contributed by atoms with E-state index in [-0.39, 0.29) is 16.9 Å². The summed E-state index contributed by atoms with van der Waals surface area (Å²) in [6.07, 6.45) is 0.564. The van der Waals surface area contributed by atoms with Crippen molar-refractivity contribution >= 4 is 28.7 Å². The highest BCUT2D eigenvalue weighted by Crippen LogP contribution is 2.28. The van der Waals surface area contributed by atoms with Crippen molar-refractivity contribution in [2.24, 2.45) is 0 Å². The average Bonchev–Trinajstić information content (AvgIpc) is 2.91. The van der Waals surface area contributed by atoms with E-state index in [1.807, 2.05) is 5.38 Å². The average molecular weight is 293 g/mol. The van der Waals surface area contributed by atoms with Crippen molar-refractivity contribution in [2.75, 3.05) is 11.9 Å². The zero-order valence-corrected chi connectivity index (χ0v) is 11.1. The largest absolute Gasteiger partial charge is 0.478 e. The molecule has 1 aromatic carbocycles. The first-order valence-electron chi connectivity index (χ1n) is 5.71. The number of benzene rings is 1. The smallest absolute Gasteiger partial charge is 0.338 e. The number of hydrogen-bond donors (Lipinski definition) is 2. The van der Waals surface area contributed by atoms with Gasteiger partial charge in [-0.3, -0.25) is 10.1 Å². The van der Waals surface area contributed by atoms with Crippen molar-refractivity contribution in [2.45, 2.75) is 6.42 Å². The Morgan fingerprint density at radius 3 is 2.90 bits per heavy atom. The lowest BCUT2D eigenvalue weighted by atomic mass is 10.1. The second kappa shape index (κ2) is 6.11. The van der Waals surface area contributed by atoms with Crippen molar-refractivity contribution in [3.8, 4) is 0 Å². The van der Waals surface area contributed by atoms with Crippen LogP contribution >= 0.6 is 11.3 Å². The van der Waals surface area contributed by atoms with Crippen LogP contribution in [0.15, 0.2) is 29.1 Å². The molecule has 0 unspecified atom stereocenters. The van der Waals surface area contributed by atoms with Gasteiger partial charge >= 0.3 is 5.97 Å². The molecule has 0 aliphatic carbocycles. The maximum atomic E-state index is 11.1. The summed E-state index contributed by atoms with van der Waals surface area (Å²) < 4.78 is 0. The van der Waals surface area contributed by atoms with Crippen LogP contribution in [0, 0.1) is 10.1 Å². The van der Waals surface area contributed by atoms with E-state index in [0.29, 0.717) is 13.0 Å². The summed E-state index contributed by atoms with van der Waals surface area (Å²) in [5.74, 6) is -1.20. The lowest BCUT2D eigenvalue weighted by Gasteiger charge is -2.09. The van der Waals surface area contributed by atoms with Gasteiger partial charge in [-0.1, -0.05) is 6.07 Å². The third-order valence-corrected chi connectivity index (χ3v) is 3.27. The van der Waals surface area contributed by atoms with Crippen LogP contribution < -0.4 is 5.32 Å². The molecule has 0 saturated heterocycles. The molecule has 0 radical (unpaired) electrons. The fourth-order valence-corrected chi connectivity index (χ4v) is 2.33. The van der Waals surface area contributed by atoms with Gasteiger partial charge in [0.1, 0.15) is 5.69 Å². The Balaban J connectivity index is 2.19. The summed E-state index contributed by atoms with van der Waals surface area (Å²) in [5, 5.41) is 24.7. The Morgan fingerprint density at radius 2 is 2.30 bits per heavy atom. The van der Waals surface area contributed by atoms with Crippen molar-refractivity contribution < 1.29 is 14.8 Å². The number of aromatic nitrogens is 1. The molecule has 0 aliphatic heterocycles. The van der Waals surface area contributed by atoms with Crippen LogP contribution in [0.3, 0.4) is 0 Å². The number of nitrogens with zero attached hydrogens (tertiary/aromatic N) is 2. The number of nitro benzene ring substituents is 1. The Hall–Kier alpha value is -2.48. The van der Waals surface area contributed by atoms with E-state index < -0.39 is 10.9 Å². The molecule has 2 N–H and O–H groups in total. The highest BCUT2D eigenvalue weighted by molar-refractivity contribution is 7.07. The lowest BCUT2D eigenvalue weighted by Crippen LogP contribution is -2.11. The maximum Gasteiger partial charge on any atom is 0.338 e. The number of carbonyl (C=O) groups is 1. The zero-order chi connectivity index (χ0) is 14.5. The molecule has 1 aromatic heterocycles. The first-order chi connectivity index (χ1) is 9.59. The minimum absolute atomic E-state index is 0.0280. The molecule has 7 nitrogen and oxygen atoms in total. The molecule has 0 spiro atoms. The van der Waals surface area contributed by atoms with Crippen LogP contribution in [0.2, 0.25) is 0 Å². The Morgan fingerprint density at radius 1 is 1.50 bits per heavy atom. The number of carboxylic acids is 1. The molecule has 0 aliphatic rings. The third kappa shape index (κ3) is 3.09. The van der Waals surface area contributed by atoms with Gasteiger partial charge in [0.2, 0.25) is 0 Å². The van der Waals surface area contributed by atoms with E-state index in [2.05, 4.69) is 10.3 Å². The SMILES string of the molecule is O=C(O)c1cccc([N+](=O)[O-])c1NCCc1cscn1. The molecule has 20 heavy (non-hydrogen) atoms. The Labute approximate surface area is 118 Å². The number of para-hydroxylation sites is 1. The normalized spacial score (nSPS) is 10.2. The minimum atomic E-state index is -1.20. The Kier molecular flexibility index (Phi) is 4.26. The van der Waals surface area contributed by atoms with Gasteiger partial charge in [0, 0.05) is 24.4 Å². The number of nitrogens with one attached hydrogen (secondary N) is 1. The van der Waals surface area contributed by atoms with E-state index in [1.54, 1.807) is 5.51 Å². The summed E-state index contributed by atoms with van der Waals surface area (Å²) in [5.41, 5.74) is 2.22. The third-order valence-electron chi connectivity index (χ3n) is 2.64. The summed E-state index contributed by atoms with van der Waals surface area (Å²) in [6, 6.07) is 3.96. The first kappa shape index (κ1) is 13.9. The number of anilines is 1. The number of aromatic carboxylic acids is 1. The van der Waals surface area contributed by atoms with Crippen molar-refractivity contribution in [1.82, 2.24) is 4.98 Å². The fourth-order valence-electron chi connectivity index (χ4n) is 1.73. The van der Waals surface area contributed by atoms with Gasteiger partial charge < -0.3 is 10.4 Å². The summed E-state index contributed by atoms with van der Waals surface area (Å²) >= 11 is 1.46. The van der Waals surface area contributed by atoms with Crippen LogP contribution in [0.4, 0.5) is 11.4 Å². The van der Waals surface area contributed by atoms with Crippen molar-refractivity contribution in [3.63, 3.8) is 0 Å². The predicted octanol–water partition coefficient (Wildman–Crippen LogP) is 2.40. The van der Waals surface area contributed by atoms with E-state index in [1.165, 1.54) is 29.5 Å². The zero-order valence-electron chi connectivity index (χ0n) is 10.3. The number of rotatable bonds is 6. The van der Waals surface area contributed by atoms with Gasteiger partial charge in [-0.2, -0.15) is 0 Å². The summed E-state index contributed by atoms with van der Waals surface area (Å²) in [6.45, 7) is 0.370. The molecule has 0 fully saturated rings. The van der Waals surface area contributed by atoms with Gasteiger partial charge in [-0.25, -0.2) is 9.78 Å². The molecule has 8 heteroatoms. The van der Waals surface area contributed by atoms with Gasteiger partial charge in [-0.15, -0.1) is 11.3 Å². The van der Waals surface area contributed by atoms with Crippen LogP contribution in [0.5, 0.6) is 0 Å². The molecule has 104 valence electrons. The standard InChI is InChI=1S/C12H11N3O4S/c16-12(17)9-2-1-3-10(15(18)19)11(9)13-5-4-8-6-20-7-14-8/h1-3,6-7,13H,4-5H2,(H,16,17). The highest BCUT2D eigenvalue weighted by Gasteiger charge is 2.20. The van der Waals surface area contributed by atoms with E-state index in [4.69, 9.17) is 5.11 Å². The van der Waals surface area contributed by atoms with Crippen LogP contribution in [-0.2, 0) is 6.42 Å². The number of thiazole rings is 1. The highest BCUT2D eigenvalue weighted by atomic mass is 32.1. The maximum absolute atomic E-state index is 11.1. The monoisotopic (exact) mass is 293 g/mol. The molecule has 2 aromatic rings. The summed E-state index contributed by atoms with van der Waals surface area (Å²) in [4.78, 5) is 25.6. The van der Waals surface area contributed by atoms with Crippen molar-refractivity contribution in [3.05, 3.63) is 50.5 Å². The van der Waals surface area contributed by atoms with Crippen LogP contribution in [-0.4, -0.2) is 27.5 Å². The molecule has 1 heterocycles. The number of nitro groups is 1. The first-order valence-corrected chi connectivity index (χ1v) is 6.65. The van der Waals surface area contributed by atoms with E-state index >= 15 is 0 Å². The van der Waals surface area contributed by atoms with E-state index in [9.17, 15) is 14.9 Å². The van der Waals surface area contributed by atoms with Gasteiger partial charge in [0.25, 0.3) is 5.69 Å². The van der Waals surface area contributed by atoms with Gasteiger partial charge in [-0.05, 0) is 6.07 Å². The van der Waals surface area contributed by atoms with E-state index in [0.717, 1.165) is 5.69 Å². The van der Waals surface area contributed by atoms with Crippen molar-refractivity contribution in [1.29, 1.82) is 0 Å². The quantitative estimate of drug-likeness (QED) is 0.626. The molecular formula is C12H11N3O4S. The van der Waals surface area contributed by atoms with Crippen LogP contribution in [0.1, 0.15) is 16.1 Å². The topological polar surface area (TPSA) is 105 Å². The lowest BCUT2D eigenvalue weighted by molar-refractivity contribution is -0.384. The number of hydrogen-bond acceptors (Lipinski definition) is 6. The summed E-state index contributed by atoms with van der Waals surface area (Å²) in [7, 11) is 0. The molecular weight excluding hydrogens is 282 g/mol. The molecule has 0 amide bonds. The predicted molar refractivity (Wildman–Crippen MR) is 74.4 cm³/mol. The molecule has 2 rings (SSSR count). The van der Waals surface area contributed by atoms with Crippen LogP contribution in [0.25, 0.3) is 0 Å². The van der Waals surface area contributed by atoms with Gasteiger partial charge in [0.15, 0.2) is 0 Å². The Bertz CT molecular complexity index is 595. The second-order valence-corrected chi connectivity index (χ2v) is 4.64. The molecule has 0 bridgehead atoms. The second-order valence-electron chi connectivity index (χ2n) is 3.92. The van der Waals surface area contributed by atoms with Gasteiger partial charge in [0.05, 0.1) is 21.7 Å². The number of carboxylic acid groups (broad SMARTS) is 1. The fraction of sp³-hybridized carbons (Fsp3) is 0.167. The molecule has 0 saturated carbocycles. The molecule has 0 atom stereocenters. The minimum Gasteiger partial charge on any atom is -0.478 e.